The van der Waals surface area contributed by atoms with Crippen molar-refractivity contribution in [3.8, 4) is 0 Å². The first-order valence-electron chi connectivity index (χ1n) is 6.85. The molecule has 2 heterocycles. The summed E-state index contributed by atoms with van der Waals surface area (Å²) in [5, 5.41) is 9.09. The van der Waals surface area contributed by atoms with Crippen molar-refractivity contribution in [2.75, 3.05) is 17.3 Å². The van der Waals surface area contributed by atoms with Crippen molar-refractivity contribution in [2.24, 2.45) is 15.8 Å². The van der Waals surface area contributed by atoms with Gasteiger partial charge in [-0.15, -0.1) is 0 Å². The van der Waals surface area contributed by atoms with Crippen LogP contribution in [-0.4, -0.2) is 41.0 Å². The van der Waals surface area contributed by atoms with Crippen LogP contribution in [0.1, 0.15) is 6.42 Å². The number of thioether (sulfide) groups is 1. The Hall–Kier alpha value is -2.35. The third-order valence-corrected chi connectivity index (χ3v) is 4.22. The molecule has 0 unspecified atom stereocenters. The molecule has 3 rings (SSSR count). The molecule has 1 aromatic rings. The lowest BCUT2D eigenvalue weighted by atomic mass is 10.1. The van der Waals surface area contributed by atoms with Crippen molar-refractivity contribution < 1.29 is 9.59 Å². The van der Waals surface area contributed by atoms with Gasteiger partial charge in [0.1, 0.15) is 11.8 Å². The Labute approximate surface area is 131 Å². The highest BCUT2D eigenvalue weighted by Gasteiger charge is 2.35. The first-order chi connectivity index (χ1) is 10.6. The van der Waals surface area contributed by atoms with Gasteiger partial charge < -0.3 is 11.1 Å². The SMILES string of the molecule is NC(=O)[C@@H]1CC(C(=O)NC2=NCCS2)=NN1c1ccccc1. The Morgan fingerprint density at radius 2 is 2.09 bits per heavy atom. The average molecular weight is 317 g/mol. The number of nitrogens with two attached hydrogens (primary N) is 1. The van der Waals surface area contributed by atoms with Crippen LogP contribution >= 0.6 is 11.8 Å². The number of para-hydroxylation sites is 1. The predicted molar refractivity (Wildman–Crippen MR) is 86.9 cm³/mol. The maximum Gasteiger partial charge on any atom is 0.273 e. The van der Waals surface area contributed by atoms with Gasteiger partial charge in [-0.2, -0.15) is 5.10 Å². The molecule has 0 bridgehead atoms. The molecule has 0 saturated carbocycles. The van der Waals surface area contributed by atoms with Crippen molar-refractivity contribution in [1.82, 2.24) is 5.32 Å². The molecule has 0 radical (unpaired) electrons. The number of hydrogen-bond acceptors (Lipinski definition) is 6. The number of carbonyl (C=O) groups excluding carboxylic acids is 2. The van der Waals surface area contributed by atoms with Crippen molar-refractivity contribution in [1.29, 1.82) is 0 Å². The van der Waals surface area contributed by atoms with E-state index in [1.54, 1.807) is 0 Å². The molecule has 2 aliphatic heterocycles. The number of amidine groups is 1. The van der Waals surface area contributed by atoms with Crippen molar-refractivity contribution in [3.63, 3.8) is 0 Å². The van der Waals surface area contributed by atoms with E-state index in [0.29, 0.717) is 11.7 Å². The van der Waals surface area contributed by atoms with E-state index < -0.39 is 11.9 Å². The molecular formula is C14H15N5O2S. The fourth-order valence-electron chi connectivity index (χ4n) is 2.27. The normalized spacial score (nSPS) is 20.5. The Bertz CT molecular complexity index is 658. The molecule has 22 heavy (non-hydrogen) atoms. The van der Waals surface area contributed by atoms with E-state index in [4.69, 9.17) is 5.73 Å². The van der Waals surface area contributed by atoms with E-state index in [-0.39, 0.29) is 18.0 Å². The van der Waals surface area contributed by atoms with Gasteiger partial charge in [0.25, 0.3) is 5.91 Å². The summed E-state index contributed by atoms with van der Waals surface area (Å²) in [6, 6.07) is 8.52. The Morgan fingerprint density at radius 3 is 2.73 bits per heavy atom. The Balaban J connectivity index is 1.80. The molecule has 7 nitrogen and oxygen atoms in total. The summed E-state index contributed by atoms with van der Waals surface area (Å²) in [4.78, 5) is 28.0. The minimum absolute atomic E-state index is 0.188. The highest BCUT2D eigenvalue weighted by atomic mass is 32.2. The second kappa shape index (κ2) is 6.18. The average Bonchev–Trinajstić information content (AvgIpc) is 3.17. The van der Waals surface area contributed by atoms with Crippen LogP contribution in [0.5, 0.6) is 0 Å². The fraction of sp³-hybridized carbons (Fsp3) is 0.286. The van der Waals surface area contributed by atoms with Crippen molar-refractivity contribution >= 4 is 40.1 Å². The standard InChI is InChI=1S/C14H15N5O2S/c15-12(20)11-8-10(13(21)17-14-16-6-7-22-14)18-19(11)9-4-2-1-3-5-9/h1-5,11H,6-8H2,(H2,15,20)(H,16,17,21)/t11-/m0/s1. The van der Waals surface area contributed by atoms with Crippen LogP contribution in [0.3, 0.4) is 0 Å². The summed E-state index contributed by atoms with van der Waals surface area (Å²) >= 11 is 1.49. The van der Waals surface area contributed by atoms with Crippen molar-refractivity contribution in [2.45, 2.75) is 12.5 Å². The fourth-order valence-corrected chi connectivity index (χ4v) is 2.99. The number of nitrogens with zero attached hydrogens (tertiary/aromatic N) is 3. The van der Waals surface area contributed by atoms with Crippen LogP contribution in [0.2, 0.25) is 0 Å². The highest BCUT2D eigenvalue weighted by molar-refractivity contribution is 8.14. The zero-order valence-electron chi connectivity index (χ0n) is 11.7. The molecule has 2 amide bonds. The van der Waals surface area contributed by atoms with E-state index in [9.17, 15) is 9.59 Å². The van der Waals surface area contributed by atoms with Gasteiger partial charge in [0.15, 0.2) is 5.17 Å². The number of hydrazone groups is 1. The van der Waals surface area contributed by atoms with Crippen molar-refractivity contribution in [3.05, 3.63) is 30.3 Å². The molecule has 3 N–H and O–H groups in total. The van der Waals surface area contributed by atoms with E-state index in [2.05, 4.69) is 15.4 Å². The molecule has 8 heteroatoms. The van der Waals surface area contributed by atoms with Gasteiger partial charge in [-0.05, 0) is 12.1 Å². The lowest BCUT2D eigenvalue weighted by molar-refractivity contribution is -0.119. The molecule has 2 aliphatic rings. The topological polar surface area (TPSA) is 100 Å². The van der Waals surface area contributed by atoms with Crippen LogP contribution in [0.25, 0.3) is 0 Å². The van der Waals surface area contributed by atoms with E-state index in [0.717, 1.165) is 11.4 Å². The molecule has 1 atom stereocenters. The van der Waals surface area contributed by atoms with Gasteiger partial charge in [0.2, 0.25) is 5.91 Å². The van der Waals surface area contributed by atoms with Gasteiger partial charge >= 0.3 is 0 Å². The summed E-state index contributed by atoms with van der Waals surface area (Å²) < 4.78 is 0. The quantitative estimate of drug-likeness (QED) is 0.838. The minimum Gasteiger partial charge on any atom is -0.368 e. The summed E-state index contributed by atoms with van der Waals surface area (Å²) in [6.07, 6.45) is 0.188. The van der Waals surface area contributed by atoms with Crippen LogP contribution in [0, 0.1) is 0 Å². The maximum atomic E-state index is 12.2. The number of primary amides is 1. The van der Waals surface area contributed by atoms with Crippen LogP contribution in [0.4, 0.5) is 5.69 Å². The number of anilines is 1. The minimum atomic E-state index is -0.652. The largest absolute Gasteiger partial charge is 0.368 e. The molecule has 114 valence electrons. The molecule has 0 fully saturated rings. The maximum absolute atomic E-state index is 12.2. The number of benzene rings is 1. The second-order valence-electron chi connectivity index (χ2n) is 4.84. The molecule has 0 aromatic heterocycles. The number of hydrogen-bond donors (Lipinski definition) is 2. The molecule has 0 aliphatic carbocycles. The zero-order valence-corrected chi connectivity index (χ0v) is 12.5. The van der Waals surface area contributed by atoms with E-state index >= 15 is 0 Å². The van der Waals surface area contributed by atoms with Crippen LogP contribution in [0.15, 0.2) is 40.4 Å². The van der Waals surface area contributed by atoms with Gasteiger partial charge in [-0.3, -0.25) is 19.6 Å². The van der Waals surface area contributed by atoms with E-state index in [1.165, 1.54) is 16.8 Å². The predicted octanol–water partition coefficient (Wildman–Crippen LogP) is 0.326. The van der Waals surface area contributed by atoms with Gasteiger partial charge in [0, 0.05) is 12.2 Å². The number of rotatable bonds is 3. The van der Waals surface area contributed by atoms with E-state index in [1.807, 2.05) is 30.3 Å². The Kier molecular flexibility index (Phi) is 4.10. The summed E-state index contributed by atoms with van der Waals surface area (Å²) in [7, 11) is 0. The Morgan fingerprint density at radius 1 is 1.32 bits per heavy atom. The third kappa shape index (κ3) is 2.96. The smallest absolute Gasteiger partial charge is 0.273 e. The second-order valence-corrected chi connectivity index (χ2v) is 5.92. The lowest BCUT2D eigenvalue weighted by Crippen LogP contribution is -2.40. The number of aliphatic imine (C=N–C) groups is 1. The lowest BCUT2D eigenvalue weighted by Gasteiger charge is -2.20. The number of carbonyl (C=O) groups is 2. The van der Waals surface area contributed by atoms with Gasteiger partial charge in [-0.1, -0.05) is 30.0 Å². The molecule has 0 saturated heterocycles. The van der Waals surface area contributed by atoms with Gasteiger partial charge in [0.05, 0.1) is 12.2 Å². The summed E-state index contributed by atoms with van der Waals surface area (Å²) in [6.45, 7) is 0.701. The van der Waals surface area contributed by atoms with Crippen LogP contribution in [-0.2, 0) is 9.59 Å². The van der Waals surface area contributed by atoms with Crippen LogP contribution < -0.4 is 16.1 Å². The number of amides is 2. The molecular weight excluding hydrogens is 302 g/mol. The third-order valence-electron chi connectivity index (χ3n) is 3.33. The van der Waals surface area contributed by atoms with Gasteiger partial charge in [-0.25, -0.2) is 0 Å². The first kappa shape index (κ1) is 14.6. The highest BCUT2D eigenvalue weighted by Crippen LogP contribution is 2.24. The summed E-state index contributed by atoms with van der Waals surface area (Å²) in [5.74, 6) is 0.0168. The molecule has 1 aromatic carbocycles. The number of nitrogens with one attached hydrogen (secondary N) is 1. The molecule has 0 spiro atoms. The monoisotopic (exact) mass is 317 g/mol. The summed E-state index contributed by atoms with van der Waals surface area (Å²) in [5.41, 5.74) is 6.44. The first-order valence-corrected chi connectivity index (χ1v) is 7.83. The zero-order chi connectivity index (χ0) is 15.5.